The van der Waals surface area contributed by atoms with Crippen LogP contribution in [0.2, 0.25) is 0 Å². The highest BCUT2D eigenvalue weighted by molar-refractivity contribution is 8.01. The van der Waals surface area contributed by atoms with E-state index in [4.69, 9.17) is 4.74 Å². The van der Waals surface area contributed by atoms with E-state index in [1.54, 1.807) is 7.11 Å². The highest BCUT2D eigenvalue weighted by Crippen LogP contribution is 2.43. The van der Waals surface area contributed by atoms with Gasteiger partial charge in [0.15, 0.2) is 0 Å². The van der Waals surface area contributed by atoms with Crippen LogP contribution < -0.4 is 5.32 Å². The van der Waals surface area contributed by atoms with Crippen molar-refractivity contribution in [1.82, 2.24) is 5.32 Å². The molecule has 0 saturated heterocycles. The minimum atomic E-state index is -0.361. The average molecular weight is 287 g/mol. The smallest absolute Gasteiger partial charge is 0.0785 e. The fourth-order valence-electron chi connectivity index (χ4n) is 2.24. The van der Waals surface area contributed by atoms with Crippen molar-refractivity contribution in [3.05, 3.63) is 17.0 Å². The number of hydrogen-bond acceptors (Lipinski definition) is 5. The molecule has 0 radical (unpaired) electrons. The van der Waals surface area contributed by atoms with Crippen LogP contribution in [0.5, 0.6) is 0 Å². The van der Waals surface area contributed by atoms with Gasteiger partial charge in [0.2, 0.25) is 0 Å². The Morgan fingerprint density at radius 3 is 3.22 bits per heavy atom. The highest BCUT2D eigenvalue weighted by Gasteiger charge is 2.25. The molecule has 0 bridgehead atoms. The molecule has 2 unspecified atom stereocenters. The number of nitrogens with one attached hydrogen (secondary N) is 1. The molecule has 3 atom stereocenters. The molecule has 2 heterocycles. The zero-order valence-corrected chi connectivity index (χ0v) is 12.5. The Bertz CT molecular complexity index is 370. The van der Waals surface area contributed by atoms with Gasteiger partial charge >= 0.3 is 0 Å². The molecule has 0 saturated carbocycles. The second-order valence-corrected chi connectivity index (χ2v) is 7.36. The molecular weight excluding hydrogens is 266 g/mol. The fourth-order valence-corrected chi connectivity index (χ4v) is 4.81. The molecule has 0 fully saturated rings. The molecule has 1 aromatic heterocycles. The van der Waals surface area contributed by atoms with Gasteiger partial charge in [-0.25, -0.2) is 0 Å². The summed E-state index contributed by atoms with van der Waals surface area (Å²) in [6, 6.07) is 2.67. The van der Waals surface area contributed by atoms with Crippen LogP contribution in [-0.4, -0.2) is 36.7 Å². The maximum Gasteiger partial charge on any atom is 0.0785 e. The third-order valence-corrected chi connectivity index (χ3v) is 5.48. The molecule has 0 aliphatic carbocycles. The Kier molecular flexibility index (Phi) is 5.51. The maximum atomic E-state index is 9.62. The van der Waals surface area contributed by atoms with Crippen molar-refractivity contribution < 1.29 is 9.84 Å². The predicted octanol–water partition coefficient (Wildman–Crippen LogP) is 2.66. The number of methoxy groups -OCH3 is 1. The summed E-state index contributed by atoms with van der Waals surface area (Å²) in [6.45, 7) is 3.53. The van der Waals surface area contributed by atoms with Crippen molar-refractivity contribution in [1.29, 1.82) is 0 Å². The lowest BCUT2D eigenvalue weighted by Gasteiger charge is -2.28. The first kappa shape index (κ1) is 14.3. The second kappa shape index (κ2) is 6.91. The van der Waals surface area contributed by atoms with Crippen molar-refractivity contribution in [2.24, 2.45) is 0 Å². The van der Waals surface area contributed by atoms with Gasteiger partial charge in [0, 0.05) is 18.4 Å². The van der Waals surface area contributed by atoms with Gasteiger partial charge in [0.1, 0.15) is 0 Å². The standard InChI is InChI=1S/C13H21NO2S2/c1-9-7-12(11-4-6-17-13(11)18-9)14-5-3-10(15)8-16-2/h4,6,9-10,12,14-15H,3,5,7-8H2,1-2H3/t9-,10?,12?/m0/s1. The molecule has 2 N–H and O–H groups in total. The van der Waals surface area contributed by atoms with E-state index in [9.17, 15) is 5.11 Å². The fraction of sp³-hybridized carbons (Fsp3) is 0.692. The summed E-state index contributed by atoms with van der Waals surface area (Å²) in [5, 5.41) is 16.0. The van der Waals surface area contributed by atoms with Crippen LogP contribution in [-0.2, 0) is 4.74 Å². The predicted molar refractivity (Wildman–Crippen MR) is 77.5 cm³/mol. The van der Waals surface area contributed by atoms with Crippen LogP contribution in [0.3, 0.4) is 0 Å². The average Bonchev–Trinajstić information content (AvgIpc) is 2.77. The number of hydrogen-bond donors (Lipinski definition) is 2. The topological polar surface area (TPSA) is 41.5 Å². The van der Waals surface area contributed by atoms with Crippen molar-refractivity contribution in [2.75, 3.05) is 20.3 Å². The van der Waals surface area contributed by atoms with E-state index in [0.29, 0.717) is 17.9 Å². The molecule has 2 rings (SSSR count). The summed E-state index contributed by atoms with van der Waals surface area (Å²) < 4.78 is 6.38. The zero-order chi connectivity index (χ0) is 13.0. The molecule has 1 aliphatic heterocycles. The zero-order valence-electron chi connectivity index (χ0n) is 10.9. The van der Waals surface area contributed by atoms with E-state index in [1.807, 2.05) is 23.1 Å². The summed E-state index contributed by atoms with van der Waals surface area (Å²) in [6.07, 6.45) is 1.54. The monoisotopic (exact) mass is 287 g/mol. The van der Waals surface area contributed by atoms with E-state index in [1.165, 1.54) is 9.77 Å². The van der Waals surface area contributed by atoms with Gasteiger partial charge in [0.05, 0.1) is 16.9 Å². The molecule has 0 amide bonds. The van der Waals surface area contributed by atoms with Gasteiger partial charge in [-0.3, -0.25) is 0 Å². The van der Waals surface area contributed by atoms with Crippen molar-refractivity contribution in [3.8, 4) is 0 Å². The summed E-state index contributed by atoms with van der Waals surface area (Å²) in [5.74, 6) is 0. The molecule has 18 heavy (non-hydrogen) atoms. The SMILES string of the molecule is COCC(O)CCNC1C[C@H](C)Sc2sccc21. The minimum Gasteiger partial charge on any atom is -0.391 e. The molecule has 102 valence electrons. The molecule has 0 spiro atoms. The van der Waals surface area contributed by atoms with E-state index in [2.05, 4.69) is 23.7 Å². The van der Waals surface area contributed by atoms with E-state index >= 15 is 0 Å². The van der Waals surface area contributed by atoms with Crippen LogP contribution in [0.25, 0.3) is 0 Å². The number of ether oxygens (including phenoxy) is 1. The molecule has 1 aliphatic rings. The Morgan fingerprint density at radius 2 is 2.44 bits per heavy atom. The molecule has 0 aromatic carbocycles. The molecular formula is C13H21NO2S2. The third kappa shape index (κ3) is 3.71. The van der Waals surface area contributed by atoms with Crippen LogP contribution in [0.4, 0.5) is 0 Å². The summed E-state index contributed by atoms with van der Waals surface area (Å²) in [5.41, 5.74) is 1.43. The first-order valence-electron chi connectivity index (χ1n) is 6.35. The van der Waals surface area contributed by atoms with E-state index in [-0.39, 0.29) is 6.10 Å². The Labute approximate surface area is 117 Å². The van der Waals surface area contributed by atoms with Crippen LogP contribution in [0.15, 0.2) is 15.7 Å². The second-order valence-electron chi connectivity index (χ2n) is 4.73. The van der Waals surface area contributed by atoms with Gasteiger partial charge in [-0.15, -0.1) is 23.1 Å². The number of rotatable bonds is 6. The summed E-state index contributed by atoms with van der Waals surface area (Å²) in [7, 11) is 1.62. The quantitative estimate of drug-likeness (QED) is 0.844. The Hall–Kier alpha value is -0.0700. The summed E-state index contributed by atoms with van der Waals surface area (Å²) in [4.78, 5) is 0. The number of aliphatic hydroxyl groups excluding tert-OH is 1. The molecule has 3 nitrogen and oxygen atoms in total. The van der Waals surface area contributed by atoms with Crippen molar-refractivity contribution >= 4 is 23.1 Å². The highest BCUT2D eigenvalue weighted by atomic mass is 32.2. The Balaban J connectivity index is 1.83. The minimum absolute atomic E-state index is 0.361. The number of thiophene rings is 1. The lowest BCUT2D eigenvalue weighted by molar-refractivity contribution is 0.0589. The number of thioether (sulfide) groups is 1. The van der Waals surface area contributed by atoms with Gasteiger partial charge in [-0.05, 0) is 36.4 Å². The Morgan fingerprint density at radius 1 is 1.61 bits per heavy atom. The van der Waals surface area contributed by atoms with Gasteiger partial charge < -0.3 is 15.2 Å². The number of fused-ring (bicyclic) bond motifs is 1. The van der Waals surface area contributed by atoms with Crippen molar-refractivity contribution in [3.63, 3.8) is 0 Å². The molecule has 1 aromatic rings. The van der Waals surface area contributed by atoms with Crippen LogP contribution in [0.1, 0.15) is 31.4 Å². The van der Waals surface area contributed by atoms with Gasteiger partial charge in [-0.1, -0.05) is 6.92 Å². The normalized spacial score (nSPS) is 24.8. The van der Waals surface area contributed by atoms with Gasteiger partial charge in [-0.2, -0.15) is 0 Å². The lowest BCUT2D eigenvalue weighted by atomic mass is 10.0. The maximum absolute atomic E-state index is 9.62. The third-order valence-electron chi connectivity index (χ3n) is 3.14. The van der Waals surface area contributed by atoms with Crippen LogP contribution >= 0.6 is 23.1 Å². The first-order valence-corrected chi connectivity index (χ1v) is 8.11. The van der Waals surface area contributed by atoms with E-state index < -0.39 is 0 Å². The van der Waals surface area contributed by atoms with E-state index in [0.717, 1.165) is 19.4 Å². The van der Waals surface area contributed by atoms with Gasteiger partial charge in [0.25, 0.3) is 0 Å². The van der Waals surface area contributed by atoms with Crippen LogP contribution in [0, 0.1) is 0 Å². The first-order chi connectivity index (χ1) is 8.70. The molecule has 5 heteroatoms. The lowest BCUT2D eigenvalue weighted by Crippen LogP contribution is -2.29. The number of aliphatic hydroxyl groups is 1. The summed E-state index contributed by atoms with van der Waals surface area (Å²) >= 11 is 3.81. The van der Waals surface area contributed by atoms with Crippen molar-refractivity contribution in [2.45, 2.75) is 41.4 Å². The largest absolute Gasteiger partial charge is 0.391 e.